The number of hydrogen-bond donors (Lipinski definition) is 2. The molecule has 1 aromatic rings. The molecule has 1 fully saturated rings. The summed E-state index contributed by atoms with van der Waals surface area (Å²) in [6, 6.07) is 4.73. The number of nitrogens with zero attached hydrogens (tertiary/aromatic N) is 2. The molecule has 30 heavy (non-hydrogen) atoms. The molecular weight excluding hydrogens is 509 g/mol. The van der Waals surface area contributed by atoms with Crippen LogP contribution in [-0.2, 0) is 11.3 Å². The first-order valence-electron chi connectivity index (χ1n) is 9.85. The highest BCUT2D eigenvalue weighted by Gasteiger charge is 2.21. The maximum absolute atomic E-state index is 12.6. The molecule has 0 aromatic heterocycles. The van der Waals surface area contributed by atoms with Crippen LogP contribution in [-0.4, -0.2) is 70.0 Å². The average Bonchev–Trinajstić information content (AvgIpc) is 2.67. The van der Waals surface area contributed by atoms with Crippen molar-refractivity contribution in [1.29, 1.82) is 0 Å². The van der Waals surface area contributed by atoms with E-state index in [4.69, 9.17) is 9.47 Å². The summed E-state index contributed by atoms with van der Waals surface area (Å²) in [6.07, 6.45) is 1.47. The minimum absolute atomic E-state index is 0. The van der Waals surface area contributed by atoms with E-state index in [-0.39, 0.29) is 48.5 Å². The van der Waals surface area contributed by atoms with Gasteiger partial charge in [-0.15, -0.1) is 24.0 Å². The standard InChI is InChI=1S/C20H32F2N4O3.HI/c1-14-12-26(13-15(2)28-14)9-5-8-24-20(23-3)25-11-16-10-17(27-4)6-7-18(16)29-19(21)22;/h6-7,10,14-15,19H,5,8-9,11-13H2,1-4H3,(H2,23,24,25);1H. The van der Waals surface area contributed by atoms with Gasteiger partial charge in [0.25, 0.3) is 0 Å². The number of guanidine groups is 1. The van der Waals surface area contributed by atoms with Crippen molar-refractivity contribution in [3.8, 4) is 11.5 Å². The number of methoxy groups -OCH3 is 1. The highest BCUT2D eigenvalue weighted by molar-refractivity contribution is 14.0. The average molecular weight is 542 g/mol. The van der Waals surface area contributed by atoms with Crippen molar-refractivity contribution in [2.24, 2.45) is 4.99 Å². The lowest BCUT2D eigenvalue weighted by Crippen LogP contribution is -2.46. The molecule has 1 aliphatic heterocycles. The summed E-state index contributed by atoms with van der Waals surface area (Å²) in [7, 11) is 3.19. The molecule has 1 aliphatic rings. The van der Waals surface area contributed by atoms with Crippen LogP contribution in [0, 0.1) is 0 Å². The number of nitrogens with one attached hydrogen (secondary N) is 2. The summed E-state index contributed by atoms with van der Waals surface area (Å²) in [5.74, 6) is 1.28. The molecule has 10 heteroatoms. The lowest BCUT2D eigenvalue weighted by atomic mass is 10.2. The smallest absolute Gasteiger partial charge is 0.387 e. The fourth-order valence-electron chi connectivity index (χ4n) is 3.41. The summed E-state index contributed by atoms with van der Waals surface area (Å²) in [5.41, 5.74) is 0.559. The minimum atomic E-state index is -2.88. The molecule has 0 bridgehead atoms. The second kappa shape index (κ2) is 13.8. The normalized spacial score (nSPS) is 19.9. The van der Waals surface area contributed by atoms with Gasteiger partial charge in [-0.1, -0.05) is 0 Å². The van der Waals surface area contributed by atoms with Crippen molar-refractivity contribution in [3.63, 3.8) is 0 Å². The van der Waals surface area contributed by atoms with E-state index >= 15 is 0 Å². The number of ether oxygens (including phenoxy) is 3. The fourth-order valence-corrected chi connectivity index (χ4v) is 3.41. The fraction of sp³-hybridized carbons (Fsp3) is 0.650. The molecule has 172 valence electrons. The van der Waals surface area contributed by atoms with Crippen LogP contribution >= 0.6 is 24.0 Å². The van der Waals surface area contributed by atoms with Gasteiger partial charge in [0.1, 0.15) is 11.5 Å². The van der Waals surface area contributed by atoms with Crippen LogP contribution in [0.25, 0.3) is 0 Å². The number of rotatable bonds is 9. The van der Waals surface area contributed by atoms with Crippen molar-refractivity contribution in [3.05, 3.63) is 23.8 Å². The van der Waals surface area contributed by atoms with Gasteiger partial charge in [0.15, 0.2) is 5.96 Å². The molecule has 7 nitrogen and oxygen atoms in total. The first-order valence-corrected chi connectivity index (χ1v) is 9.85. The zero-order valence-electron chi connectivity index (χ0n) is 18.0. The Morgan fingerprint density at radius 3 is 2.57 bits per heavy atom. The second-order valence-electron chi connectivity index (χ2n) is 7.08. The lowest BCUT2D eigenvalue weighted by molar-refractivity contribution is -0.0679. The zero-order chi connectivity index (χ0) is 21.2. The summed E-state index contributed by atoms with van der Waals surface area (Å²) in [5, 5.41) is 6.38. The Balaban J connectivity index is 0.00000450. The summed E-state index contributed by atoms with van der Waals surface area (Å²) in [4.78, 5) is 6.59. The third-order valence-electron chi connectivity index (χ3n) is 4.59. The van der Waals surface area contributed by atoms with Crippen molar-refractivity contribution < 1.29 is 23.0 Å². The Morgan fingerprint density at radius 2 is 1.97 bits per heavy atom. The van der Waals surface area contributed by atoms with Crippen LogP contribution < -0.4 is 20.1 Å². The number of aliphatic imine (C=N–C) groups is 1. The summed E-state index contributed by atoms with van der Waals surface area (Å²) >= 11 is 0. The predicted molar refractivity (Wildman–Crippen MR) is 124 cm³/mol. The van der Waals surface area contributed by atoms with Crippen LogP contribution in [0.15, 0.2) is 23.2 Å². The van der Waals surface area contributed by atoms with E-state index in [1.165, 1.54) is 13.2 Å². The summed E-state index contributed by atoms with van der Waals surface area (Å²) in [6.45, 7) is 5.19. The van der Waals surface area contributed by atoms with E-state index in [0.29, 0.717) is 17.3 Å². The van der Waals surface area contributed by atoms with Gasteiger partial charge in [0, 0.05) is 45.3 Å². The highest BCUT2D eigenvalue weighted by atomic mass is 127. The highest BCUT2D eigenvalue weighted by Crippen LogP contribution is 2.25. The molecule has 0 spiro atoms. The zero-order valence-corrected chi connectivity index (χ0v) is 20.3. The molecule has 2 unspecified atom stereocenters. The molecule has 1 saturated heterocycles. The van der Waals surface area contributed by atoms with Crippen molar-refractivity contribution >= 4 is 29.9 Å². The Bertz CT molecular complexity index is 657. The van der Waals surface area contributed by atoms with Gasteiger partial charge in [-0.25, -0.2) is 0 Å². The second-order valence-corrected chi connectivity index (χ2v) is 7.08. The molecule has 0 saturated carbocycles. The van der Waals surface area contributed by atoms with Gasteiger partial charge in [-0.2, -0.15) is 8.78 Å². The topological polar surface area (TPSA) is 67.4 Å². The Kier molecular flexibility index (Phi) is 12.3. The Labute approximate surface area is 194 Å². The van der Waals surface area contributed by atoms with Crippen LogP contribution in [0.4, 0.5) is 8.78 Å². The number of morpholine rings is 1. The maximum atomic E-state index is 12.6. The van der Waals surface area contributed by atoms with Crippen molar-refractivity contribution in [1.82, 2.24) is 15.5 Å². The van der Waals surface area contributed by atoms with Crippen molar-refractivity contribution in [2.75, 3.05) is 40.3 Å². The van der Waals surface area contributed by atoms with Gasteiger partial charge in [0.05, 0.1) is 19.3 Å². The van der Waals surface area contributed by atoms with Gasteiger partial charge in [-0.3, -0.25) is 9.89 Å². The van der Waals surface area contributed by atoms with Crippen LogP contribution in [0.3, 0.4) is 0 Å². The van der Waals surface area contributed by atoms with Crippen LogP contribution in [0.5, 0.6) is 11.5 Å². The Morgan fingerprint density at radius 1 is 1.27 bits per heavy atom. The number of benzene rings is 1. The quantitative estimate of drug-likeness (QED) is 0.217. The number of alkyl halides is 2. The van der Waals surface area contributed by atoms with Crippen LogP contribution in [0.1, 0.15) is 25.8 Å². The molecular formula is C20H33F2IN4O3. The lowest BCUT2D eigenvalue weighted by Gasteiger charge is -2.35. The first kappa shape index (κ1) is 26.6. The summed E-state index contributed by atoms with van der Waals surface area (Å²) < 4.78 is 40.8. The number of halogens is 3. The van der Waals surface area contributed by atoms with Gasteiger partial charge in [0.2, 0.25) is 0 Å². The van der Waals surface area contributed by atoms with Gasteiger partial charge >= 0.3 is 6.61 Å². The molecule has 2 atom stereocenters. The van der Waals surface area contributed by atoms with E-state index in [2.05, 4.69) is 39.1 Å². The molecule has 2 N–H and O–H groups in total. The Hall–Kier alpha value is -1.40. The minimum Gasteiger partial charge on any atom is -0.497 e. The third kappa shape index (κ3) is 9.17. The molecule has 2 rings (SSSR count). The first-order chi connectivity index (χ1) is 13.9. The van der Waals surface area contributed by atoms with Crippen molar-refractivity contribution in [2.45, 2.75) is 45.6 Å². The molecule has 0 aliphatic carbocycles. The molecule has 1 heterocycles. The predicted octanol–water partition coefficient (Wildman–Crippen LogP) is 3.08. The number of hydrogen-bond acceptors (Lipinski definition) is 5. The monoisotopic (exact) mass is 542 g/mol. The molecule has 0 amide bonds. The van der Waals surface area contributed by atoms with Gasteiger partial charge < -0.3 is 24.8 Å². The van der Waals surface area contributed by atoms with Gasteiger partial charge in [-0.05, 0) is 38.5 Å². The van der Waals surface area contributed by atoms with E-state index in [1.807, 2.05) is 0 Å². The van der Waals surface area contributed by atoms with E-state index in [1.54, 1.807) is 19.2 Å². The van der Waals surface area contributed by atoms with E-state index < -0.39 is 6.61 Å². The third-order valence-corrected chi connectivity index (χ3v) is 4.59. The van der Waals surface area contributed by atoms with E-state index in [0.717, 1.165) is 32.6 Å². The molecule has 0 radical (unpaired) electrons. The maximum Gasteiger partial charge on any atom is 0.387 e. The molecule has 1 aromatic carbocycles. The van der Waals surface area contributed by atoms with E-state index in [9.17, 15) is 8.78 Å². The largest absolute Gasteiger partial charge is 0.497 e. The van der Waals surface area contributed by atoms with Crippen LogP contribution in [0.2, 0.25) is 0 Å². The SMILES string of the molecule is CN=C(NCCCN1CC(C)OC(C)C1)NCc1cc(OC)ccc1OC(F)F.I.